The minimum Gasteiger partial charge on any atom is -0.457 e. The van der Waals surface area contributed by atoms with Gasteiger partial charge in [0.05, 0.1) is 0 Å². The molecule has 182 valence electrons. The van der Waals surface area contributed by atoms with Crippen molar-refractivity contribution < 1.29 is 23.9 Å². The van der Waals surface area contributed by atoms with Gasteiger partial charge in [0.2, 0.25) is 5.91 Å². The highest BCUT2D eigenvalue weighted by Crippen LogP contribution is 2.25. The normalized spacial score (nSPS) is 10.4. The van der Waals surface area contributed by atoms with Crippen molar-refractivity contribution in [1.82, 2.24) is 0 Å². The summed E-state index contributed by atoms with van der Waals surface area (Å²) in [6.45, 7) is 3.70. The van der Waals surface area contributed by atoms with Crippen LogP contribution in [0.5, 0.6) is 11.5 Å². The van der Waals surface area contributed by atoms with Crippen molar-refractivity contribution in [2.45, 2.75) is 33.1 Å². The number of hydrogen-bond acceptors (Lipinski definition) is 5. The predicted octanol–water partition coefficient (Wildman–Crippen LogP) is 6.15. The molecule has 8 heteroatoms. The first kappa shape index (κ1) is 26.0. The molecule has 2 N–H and O–H groups in total. The zero-order chi connectivity index (χ0) is 25.2. The Balaban J connectivity index is 1.33. The van der Waals surface area contributed by atoms with Gasteiger partial charge in [-0.2, -0.15) is 0 Å². The van der Waals surface area contributed by atoms with Gasteiger partial charge in [-0.15, -0.1) is 0 Å². The second kappa shape index (κ2) is 12.7. The van der Waals surface area contributed by atoms with Crippen LogP contribution >= 0.6 is 15.9 Å². The van der Waals surface area contributed by atoms with Crippen LogP contribution in [0.4, 0.5) is 11.4 Å². The Morgan fingerprint density at radius 2 is 1.34 bits per heavy atom. The summed E-state index contributed by atoms with van der Waals surface area (Å²) in [6, 6.07) is 20.0. The van der Waals surface area contributed by atoms with Crippen LogP contribution < -0.4 is 15.4 Å². The Morgan fingerprint density at radius 1 is 0.743 bits per heavy atom. The van der Waals surface area contributed by atoms with Gasteiger partial charge < -0.3 is 20.1 Å². The zero-order valence-corrected chi connectivity index (χ0v) is 21.2. The van der Waals surface area contributed by atoms with Crippen LogP contribution in [0.15, 0.2) is 71.2 Å². The third-order valence-corrected chi connectivity index (χ3v) is 5.66. The van der Waals surface area contributed by atoms with E-state index in [1.54, 1.807) is 48.5 Å². The number of halogens is 1. The molecule has 0 unspecified atom stereocenters. The molecule has 0 saturated heterocycles. The van der Waals surface area contributed by atoms with Crippen molar-refractivity contribution in [2.75, 3.05) is 17.2 Å². The number of carbonyl (C=O) groups is 3. The first-order chi connectivity index (χ1) is 16.8. The molecule has 0 aliphatic rings. The van der Waals surface area contributed by atoms with Crippen molar-refractivity contribution in [3.05, 3.63) is 82.3 Å². The number of anilines is 2. The number of carbonyl (C=O) groups excluding carboxylic acids is 3. The summed E-state index contributed by atoms with van der Waals surface area (Å²) >= 11 is 3.32. The Morgan fingerprint density at radius 3 is 2.00 bits per heavy atom. The maximum atomic E-state index is 12.2. The van der Waals surface area contributed by atoms with Crippen LogP contribution in [0.2, 0.25) is 0 Å². The van der Waals surface area contributed by atoms with Gasteiger partial charge in [0.25, 0.3) is 5.91 Å². The van der Waals surface area contributed by atoms with Crippen molar-refractivity contribution in [2.24, 2.45) is 0 Å². The smallest absolute Gasteiger partial charge is 0.306 e. The van der Waals surface area contributed by atoms with E-state index >= 15 is 0 Å². The van der Waals surface area contributed by atoms with E-state index in [-0.39, 0.29) is 25.4 Å². The number of ether oxygens (including phenoxy) is 2. The van der Waals surface area contributed by atoms with Crippen LogP contribution in [-0.2, 0) is 19.1 Å². The number of rotatable bonds is 10. The molecule has 0 aliphatic heterocycles. The fourth-order valence-electron chi connectivity index (χ4n) is 3.09. The molecule has 3 aromatic rings. The molecule has 0 fully saturated rings. The van der Waals surface area contributed by atoms with Gasteiger partial charge in [-0.25, -0.2) is 0 Å². The van der Waals surface area contributed by atoms with E-state index in [0.717, 1.165) is 15.8 Å². The Bertz CT molecular complexity index is 1180. The van der Waals surface area contributed by atoms with Crippen LogP contribution in [0.1, 0.15) is 30.4 Å². The summed E-state index contributed by atoms with van der Waals surface area (Å²) in [5.41, 5.74) is 3.59. The van der Waals surface area contributed by atoms with Crippen LogP contribution in [0.3, 0.4) is 0 Å². The fourth-order valence-corrected chi connectivity index (χ4v) is 3.35. The molecular formula is C27H27BrN2O5. The Hall–Kier alpha value is -3.65. The third-order valence-electron chi connectivity index (χ3n) is 5.13. The number of nitrogens with one attached hydrogen (secondary N) is 2. The minimum absolute atomic E-state index is 0.0434. The van der Waals surface area contributed by atoms with Gasteiger partial charge in [0.15, 0.2) is 6.61 Å². The SMILES string of the molecule is Cc1ccc(Oc2ccc(NC(=O)CCCC(=O)OCC(=O)Nc3ccc(Br)cc3)cc2)cc1C. The van der Waals surface area contributed by atoms with Crippen molar-refractivity contribution in [3.8, 4) is 11.5 Å². The molecule has 0 aromatic heterocycles. The molecule has 0 radical (unpaired) electrons. The minimum atomic E-state index is -0.531. The van der Waals surface area contributed by atoms with E-state index in [2.05, 4.69) is 26.6 Å². The number of benzene rings is 3. The van der Waals surface area contributed by atoms with E-state index < -0.39 is 11.9 Å². The zero-order valence-electron chi connectivity index (χ0n) is 19.6. The van der Waals surface area contributed by atoms with Crippen LogP contribution in [0, 0.1) is 13.8 Å². The predicted molar refractivity (Wildman–Crippen MR) is 139 cm³/mol. The maximum Gasteiger partial charge on any atom is 0.306 e. The molecule has 3 rings (SSSR count). The average Bonchev–Trinajstić information content (AvgIpc) is 2.83. The van der Waals surface area contributed by atoms with Crippen molar-refractivity contribution >= 4 is 45.1 Å². The number of esters is 1. The highest BCUT2D eigenvalue weighted by molar-refractivity contribution is 9.10. The summed E-state index contributed by atoms with van der Waals surface area (Å²) in [6.07, 6.45) is 0.510. The summed E-state index contributed by atoms with van der Waals surface area (Å²) in [4.78, 5) is 35.9. The van der Waals surface area contributed by atoms with E-state index in [1.165, 1.54) is 5.56 Å². The van der Waals surface area contributed by atoms with Crippen LogP contribution in [-0.4, -0.2) is 24.4 Å². The Kier molecular flexibility index (Phi) is 9.43. The lowest BCUT2D eigenvalue weighted by Gasteiger charge is -2.10. The van der Waals surface area contributed by atoms with Gasteiger partial charge in [-0.3, -0.25) is 14.4 Å². The standard InChI is InChI=1S/C27H27BrN2O5/c1-18-6-13-24(16-19(18)2)35-23-14-11-22(12-15-23)29-25(31)4-3-5-27(33)34-17-26(32)30-21-9-7-20(28)8-10-21/h6-16H,3-5,17H2,1-2H3,(H,29,31)(H,30,32). The highest BCUT2D eigenvalue weighted by atomic mass is 79.9. The molecule has 0 spiro atoms. The molecule has 3 aromatic carbocycles. The number of hydrogen-bond donors (Lipinski definition) is 2. The molecule has 0 bridgehead atoms. The monoisotopic (exact) mass is 538 g/mol. The number of amides is 2. The second-order valence-corrected chi connectivity index (χ2v) is 8.91. The van der Waals surface area contributed by atoms with E-state index in [0.29, 0.717) is 23.5 Å². The van der Waals surface area contributed by atoms with E-state index in [9.17, 15) is 14.4 Å². The fraction of sp³-hybridized carbons (Fsp3) is 0.222. The summed E-state index contributed by atoms with van der Waals surface area (Å²) in [5.74, 6) is 0.245. The summed E-state index contributed by atoms with van der Waals surface area (Å²) in [7, 11) is 0. The maximum absolute atomic E-state index is 12.2. The second-order valence-electron chi connectivity index (χ2n) is 7.99. The molecule has 2 amide bonds. The van der Waals surface area contributed by atoms with E-state index in [1.807, 2.05) is 32.0 Å². The van der Waals surface area contributed by atoms with Crippen LogP contribution in [0.25, 0.3) is 0 Å². The first-order valence-corrected chi connectivity index (χ1v) is 11.9. The van der Waals surface area contributed by atoms with Crippen molar-refractivity contribution in [3.63, 3.8) is 0 Å². The van der Waals surface area contributed by atoms with Gasteiger partial charge in [0, 0.05) is 28.7 Å². The first-order valence-electron chi connectivity index (χ1n) is 11.1. The van der Waals surface area contributed by atoms with Crippen molar-refractivity contribution in [1.29, 1.82) is 0 Å². The molecular weight excluding hydrogens is 512 g/mol. The molecule has 0 saturated carbocycles. The molecule has 7 nitrogen and oxygen atoms in total. The molecule has 0 atom stereocenters. The van der Waals surface area contributed by atoms with E-state index in [4.69, 9.17) is 9.47 Å². The van der Waals surface area contributed by atoms with Gasteiger partial charge >= 0.3 is 5.97 Å². The lowest BCUT2D eigenvalue weighted by molar-refractivity contribution is -0.147. The lowest BCUT2D eigenvalue weighted by atomic mass is 10.1. The van der Waals surface area contributed by atoms with Gasteiger partial charge in [-0.1, -0.05) is 22.0 Å². The average molecular weight is 539 g/mol. The topological polar surface area (TPSA) is 93.7 Å². The lowest BCUT2D eigenvalue weighted by Crippen LogP contribution is -2.21. The molecule has 0 heterocycles. The molecule has 0 aliphatic carbocycles. The third kappa shape index (κ3) is 8.90. The quantitative estimate of drug-likeness (QED) is 0.302. The highest BCUT2D eigenvalue weighted by Gasteiger charge is 2.10. The molecule has 35 heavy (non-hydrogen) atoms. The van der Waals surface area contributed by atoms with Gasteiger partial charge in [0.1, 0.15) is 11.5 Å². The number of aryl methyl sites for hydroxylation is 2. The summed E-state index contributed by atoms with van der Waals surface area (Å²) in [5, 5.41) is 5.43. The summed E-state index contributed by atoms with van der Waals surface area (Å²) < 4.78 is 11.7. The van der Waals surface area contributed by atoms with Gasteiger partial charge in [-0.05, 0) is 92.1 Å². The Labute approximate surface area is 213 Å². The largest absolute Gasteiger partial charge is 0.457 e.